The molecule has 2 rings (SSSR count). The monoisotopic (exact) mass is 251 g/mol. The highest BCUT2D eigenvalue weighted by atomic mass is 19.1. The Morgan fingerprint density at radius 2 is 2.28 bits per heavy atom. The van der Waals surface area contributed by atoms with Crippen LogP contribution in [0.3, 0.4) is 0 Å². The van der Waals surface area contributed by atoms with Crippen molar-refractivity contribution in [3.05, 3.63) is 35.1 Å². The Morgan fingerprint density at radius 1 is 1.56 bits per heavy atom. The summed E-state index contributed by atoms with van der Waals surface area (Å²) in [4.78, 5) is 2.32. The Labute approximate surface area is 106 Å². The van der Waals surface area contributed by atoms with Gasteiger partial charge < -0.3 is 10.9 Å². The maximum absolute atomic E-state index is 13.2. The second kappa shape index (κ2) is 5.35. The van der Waals surface area contributed by atoms with E-state index < -0.39 is 0 Å². The largest absolute Gasteiger partial charge is 0.409 e. The van der Waals surface area contributed by atoms with E-state index in [1.807, 2.05) is 0 Å². The lowest BCUT2D eigenvalue weighted by molar-refractivity contribution is 0.269. The number of nitrogens with two attached hydrogens (primary N) is 1. The SMILES string of the molecule is CCN(Cc1ccc(F)cc1/C(N)=N/O)C1CC1. The van der Waals surface area contributed by atoms with Crippen molar-refractivity contribution in [2.24, 2.45) is 10.9 Å². The number of nitrogens with zero attached hydrogens (tertiary/aromatic N) is 2. The van der Waals surface area contributed by atoms with Gasteiger partial charge in [0.15, 0.2) is 5.84 Å². The zero-order chi connectivity index (χ0) is 13.1. The summed E-state index contributed by atoms with van der Waals surface area (Å²) < 4.78 is 13.2. The molecule has 98 valence electrons. The van der Waals surface area contributed by atoms with Crippen LogP contribution in [0.25, 0.3) is 0 Å². The normalized spacial score (nSPS) is 16.3. The molecule has 3 N–H and O–H groups in total. The molecule has 1 aromatic carbocycles. The van der Waals surface area contributed by atoms with Crippen LogP contribution in [-0.2, 0) is 6.54 Å². The number of hydrogen-bond acceptors (Lipinski definition) is 3. The van der Waals surface area contributed by atoms with E-state index in [2.05, 4.69) is 17.0 Å². The first-order valence-corrected chi connectivity index (χ1v) is 6.16. The van der Waals surface area contributed by atoms with Crippen LogP contribution in [0.5, 0.6) is 0 Å². The van der Waals surface area contributed by atoms with E-state index in [9.17, 15) is 4.39 Å². The molecule has 0 bridgehead atoms. The zero-order valence-electron chi connectivity index (χ0n) is 10.4. The van der Waals surface area contributed by atoms with Crippen LogP contribution in [-0.4, -0.2) is 28.5 Å². The Kier molecular flexibility index (Phi) is 3.81. The third-order valence-corrected chi connectivity index (χ3v) is 3.30. The van der Waals surface area contributed by atoms with Crippen molar-refractivity contribution < 1.29 is 9.60 Å². The molecule has 1 aromatic rings. The van der Waals surface area contributed by atoms with Crippen molar-refractivity contribution in [3.8, 4) is 0 Å². The smallest absolute Gasteiger partial charge is 0.170 e. The first-order valence-electron chi connectivity index (χ1n) is 6.16. The molecule has 0 heterocycles. The van der Waals surface area contributed by atoms with Crippen LogP contribution in [0, 0.1) is 5.82 Å². The number of amidine groups is 1. The average molecular weight is 251 g/mol. The summed E-state index contributed by atoms with van der Waals surface area (Å²) in [6.45, 7) is 3.75. The Balaban J connectivity index is 2.25. The van der Waals surface area contributed by atoms with Gasteiger partial charge in [-0.3, -0.25) is 4.90 Å². The first kappa shape index (κ1) is 12.8. The summed E-state index contributed by atoms with van der Waals surface area (Å²) in [5.74, 6) is -0.425. The van der Waals surface area contributed by atoms with Crippen molar-refractivity contribution in [1.82, 2.24) is 4.90 Å². The Morgan fingerprint density at radius 3 is 2.83 bits per heavy atom. The summed E-state index contributed by atoms with van der Waals surface area (Å²) in [6, 6.07) is 5.04. The number of benzene rings is 1. The van der Waals surface area contributed by atoms with Crippen LogP contribution in [0.1, 0.15) is 30.9 Å². The van der Waals surface area contributed by atoms with Crippen LogP contribution in [0.2, 0.25) is 0 Å². The quantitative estimate of drug-likeness (QED) is 0.363. The van der Waals surface area contributed by atoms with E-state index in [4.69, 9.17) is 10.9 Å². The van der Waals surface area contributed by atoms with E-state index >= 15 is 0 Å². The lowest BCUT2D eigenvalue weighted by Gasteiger charge is -2.21. The van der Waals surface area contributed by atoms with Crippen molar-refractivity contribution in [3.63, 3.8) is 0 Å². The second-order valence-electron chi connectivity index (χ2n) is 4.58. The van der Waals surface area contributed by atoms with Crippen molar-refractivity contribution in [2.75, 3.05) is 6.54 Å². The maximum atomic E-state index is 13.2. The predicted molar refractivity (Wildman–Crippen MR) is 68.0 cm³/mol. The van der Waals surface area contributed by atoms with Gasteiger partial charge in [-0.1, -0.05) is 18.1 Å². The summed E-state index contributed by atoms with van der Waals surface area (Å²) in [7, 11) is 0. The molecule has 4 nitrogen and oxygen atoms in total. The van der Waals surface area contributed by atoms with Crippen LogP contribution in [0.4, 0.5) is 4.39 Å². The molecule has 1 fully saturated rings. The number of oxime groups is 1. The zero-order valence-corrected chi connectivity index (χ0v) is 10.4. The third-order valence-electron chi connectivity index (χ3n) is 3.30. The second-order valence-corrected chi connectivity index (χ2v) is 4.58. The molecular weight excluding hydrogens is 233 g/mol. The molecule has 0 saturated heterocycles. The van der Waals surface area contributed by atoms with Gasteiger partial charge in [0, 0.05) is 18.2 Å². The van der Waals surface area contributed by atoms with Gasteiger partial charge in [0.25, 0.3) is 0 Å². The van der Waals surface area contributed by atoms with Crippen molar-refractivity contribution in [1.29, 1.82) is 0 Å². The van der Waals surface area contributed by atoms with Gasteiger partial charge in [-0.25, -0.2) is 4.39 Å². The number of halogens is 1. The number of rotatable bonds is 5. The lowest BCUT2D eigenvalue weighted by atomic mass is 10.1. The molecule has 0 atom stereocenters. The maximum Gasteiger partial charge on any atom is 0.170 e. The third kappa shape index (κ3) is 2.79. The number of hydrogen-bond donors (Lipinski definition) is 2. The topological polar surface area (TPSA) is 61.8 Å². The van der Waals surface area contributed by atoms with E-state index in [-0.39, 0.29) is 11.7 Å². The minimum absolute atomic E-state index is 0.0450. The van der Waals surface area contributed by atoms with Gasteiger partial charge in [-0.2, -0.15) is 0 Å². The van der Waals surface area contributed by atoms with Crippen molar-refractivity contribution in [2.45, 2.75) is 32.4 Å². The lowest BCUT2D eigenvalue weighted by Crippen LogP contribution is -2.27. The van der Waals surface area contributed by atoms with E-state index in [0.717, 1.165) is 12.1 Å². The molecule has 0 unspecified atom stereocenters. The highest BCUT2D eigenvalue weighted by Gasteiger charge is 2.28. The fourth-order valence-corrected chi connectivity index (χ4v) is 2.14. The molecule has 0 radical (unpaired) electrons. The summed E-state index contributed by atoms with van der Waals surface area (Å²) in [5.41, 5.74) is 6.95. The molecule has 1 aliphatic carbocycles. The van der Waals surface area contributed by atoms with Crippen LogP contribution in [0.15, 0.2) is 23.4 Å². The van der Waals surface area contributed by atoms with Gasteiger partial charge >= 0.3 is 0 Å². The molecule has 5 heteroatoms. The minimum atomic E-state index is -0.380. The summed E-state index contributed by atoms with van der Waals surface area (Å²) in [6.07, 6.45) is 2.43. The van der Waals surface area contributed by atoms with Crippen LogP contribution >= 0.6 is 0 Å². The molecular formula is C13H18FN3O. The summed E-state index contributed by atoms with van der Waals surface area (Å²) in [5, 5.41) is 11.7. The molecule has 1 saturated carbocycles. The summed E-state index contributed by atoms with van der Waals surface area (Å²) >= 11 is 0. The fraction of sp³-hybridized carbons (Fsp3) is 0.462. The molecule has 1 aliphatic rings. The highest BCUT2D eigenvalue weighted by Crippen LogP contribution is 2.28. The van der Waals surface area contributed by atoms with E-state index in [0.29, 0.717) is 18.2 Å². The Bertz CT molecular complexity index is 458. The average Bonchev–Trinajstić information content (AvgIpc) is 3.20. The van der Waals surface area contributed by atoms with Gasteiger partial charge in [0.05, 0.1) is 0 Å². The van der Waals surface area contributed by atoms with Crippen LogP contribution < -0.4 is 5.73 Å². The Hall–Kier alpha value is -1.62. The van der Waals surface area contributed by atoms with Gasteiger partial charge in [-0.05, 0) is 37.1 Å². The van der Waals surface area contributed by atoms with Crippen molar-refractivity contribution >= 4 is 5.84 Å². The standard InChI is InChI=1S/C13H18FN3O/c1-2-17(11-5-6-11)8-9-3-4-10(14)7-12(9)13(15)16-18/h3-4,7,11,18H,2,5-6,8H2,1H3,(H2,15,16). The molecule has 0 aromatic heterocycles. The van der Waals surface area contributed by atoms with E-state index in [1.54, 1.807) is 6.07 Å². The molecule has 18 heavy (non-hydrogen) atoms. The fourth-order valence-electron chi connectivity index (χ4n) is 2.14. The minimum Gasteiger partial charge on any atom is -0.409 e. The van der Waals surface area contributed by atoms with Gasteiger partial charge in [0.1, 0.15) is 5.82 Å². The van der Waals surface area contributed by atoms with E-state index in [1.165, 1.54) is 25.0 Å². The highest BCUT2D eigenvalue weighted by molar-refractivity contribution is 5.98. The predicted octanol–water partition coefficient (Wildman–Crippen LogP) is 1.90. The molecule has 0 aliphatic heterocycles. The molecule has 0 amide bonds. The van der Waals surface area contributed by atoms with Gasteiger partial charge in [0.2, 0.25) is 0 Å². The molecule has 0 spiro atoms. The first-order chi connectivity index (χ1) is 8.65. The van der Waals surface area contributed by atoms with Gasteiger partial charge in [-0.15, -0.1) is 0 Å².